The Bertz CT molecular complexity index is 631. The summed E-state index contributed by atoms with van der Waals surface area (Å²) in [4.78, 5) is 9.98. The molecule has 2 atom stereocenters. The molecule has 1 aliphatic carbocycles. The van der Waals surface area contributed by atoms with Crippen LogP contribution in [0.4, 0.5) is 5.69 Å². The number of aliphatic hydroxyl groups excluding tert-OH is 1. The summed E-state index contributed by atoms with van der Waals surface area (Å²) < 4.78 is 26.3. The number of nitrogens with zero attached hydrogens (tertiary/aromatic N) is 1. The van der Waals surface area contributed by atoms with E-state index >= 15 is 0 Å². The minimum Gasteiger partial charge on any atom is -0.393 e. The number of nitro groups is 1. The molecule has 118 valence electrons. The molecule has 2 rings (SSSR count). The Morgan fingerprint density at radius 1 is 1.52 bits per heavy atom. The molecule has 1 aromatic rings. The van der Waals surface area contributed by atoms with Gasteiger partial charge in [0.15, 0.2) is 4.34 Å². The summed E-state index contributed by atoms with van der Waals surface area (Å²) in [6.07, 6.45) is 2.64. The van der Waals surface area contributed by atoms with Gasteiger partial charge in [-0.05, 0) is 25.2 Å². The van der Waals surface area contributed by atoms with Crippen LogP contribution >= 0.6 is 22.9 Å². The SMILES string of the molecule is O=[N+]([O-])c1cc(S(=O)(=O)NCC2CCCC(O)C2)sc1Cl. The number of nitrogens with one attached hydrogen (secondary N) is 1. The lowest BCUT2D eigenvalue weighted by atomic mass is 9.87. The number of sulfonamides is 1. The van der Waals surface area contributed by atoms with E-state index in [9.17, 15) is 23.6 Å². The van der Waals surface area contributed by atoms with Crippen molar-refractivity contribution in [1.29, 1.82) is 0 Å². The molecule has 0 aromatic carbocycles. The van der Waals surface area contributed by atoms with Gasteiger partial charge in [-0.15, -0.1) is 11.3 Å². The van der Waals surface area contributed by atoms with E-state index in [1.54, 1.807) is 0 Å². The van der Waals surface area contributed by atoms with E-state index in [2.05, 4.69) is 4.72 Å². The van der Waals surface area contributed by atoms with E-state index in [1.807, 2.05) is 0 Å². The molecule has 0 bridgehead atoms. The minimum atomic E-state index is -3.81. The molecule has 1 fully saturated rings. The summed E-state index contributed by atoms with van der Waals surface area (Å²) in [7, 11) is -3.81. The first-order valence-corrected chi connectivity index (χ1v) is 9.09. The van der Waals surface area contributed by atoms with Crippen LogP contribution in [-0.2, 0) is 10.0 Å². The van der Waals surface area contributed by atoms with Gasteiger partial charge in [0.1, 0.15) is 4.21 Å². The number of hydrogen-bond donors (Lipinski definition) is 2. The van der Waals surface area contributed by atoms with Crippen LogP contribution in [-0.4, -0.2) is 31.1 Å². The Balaban J connectivity index is 2.04. The van der Waals surface area contributed by atoms with Gasteiger partial charge in [-0.1, -0.05) is 18.0 Å². The number of aliphatic hydroxyl groups is 1. The van der Waals surface area contributed by atoms with Crippen LogP contribution in [0, 0.1) is 16.0 Å². The Kier molecular flexibility index (Phi) is 5.20. The second-order valence-electron chi connectivity index (χ2n) is 5.02. The van der Waals surface area contributed by atoms with Gasteiger partial charge in [0.2, 0.25) is 10.0 Å². The molecule has 1 aliphatic rings. The number of halogens is 1. The maximum absolute atomic E-state index is 12.1. The summed E-state index contributed by atoms with van der Waals surface area (Å²) in [5, 5.41) is 20.2. The molecule has 21 heavy (non-hydrogen) atoms. The van der Waals surface area contributed by atoms with Gasteiger partial charge in [0.25, 0.3) is 5.69 Å². The number of thiophene rings is 1. The predicted octanol–water partition coefficient (Wildman–Crippen LogP) is 2.14. The summed E-state index contributed by atoms with van der Waals surface area (Å²) in [5.41, 5.74) is -0.407. The van der Waals surface area contributed by atoms with E-state index in [0.717, 1.165) is 25.3 Å². The summed E-state index contributed by atoms with van der Waals surface area (Å²) in [6.45, 7) is 0.211. The van der Waals surface area contributed by atoms with Gasteiger partial charge in [-0.3, -0.25) is 10.1 Å². The Hall–Kier alpha value is -0.740. The van der Waals surface area contributed by atoms with Crippen LogP contribution in [0.15, 0.2) is 10.3 Å². The fraction of sp³-hybridized carbons (Fsp3) is 0.636. The highest BCUT2D eigenvalue weighted by Gasteiger charge is 2.27. The van der Waals surface area contributed by atoms with Gasteiger partial charge < -0.3 is 5.11 Å². The third-order valence-electron chi connectivity index (χ3n) is 3.42. The second-order valence-corrected chi connectivity index (χ2v) is 8.67. The van der Waals surface area contributed by atoms with Crippen molar-refractivity contribution >= 4 is 38.6 Å². The number of hydrogen-bond acceptors (Lipinski definition) is 6. The molecule has 1 heterocycles. The van der Waals surface area contributed by atoms with Gasteiger partial charge in [0.05, 0.1) is 11.0 Å². The maximum atomic E-state index is 12.1. The zero-order valence-corrected chi connectivity index (χ0v) is 13.4. The molecule has 0 amide bonds. The zero-order chi connectivity index (χ0) is 15.6. The van der Waals surface area contributed by atoms with Crippen LogP contribution in [0.3, 0.4) is 0 Å². The van der Waals surface area contributed by atoms with Gasteiger partial charge >= 0.3 is 0 Å². The quantitative estimate of drug-likeness (QED) is 0.621. The van der Waals surface area contributed by atoms with Crippen LogP contribution in [0.2, 0.25) is 4.34 Å². The van der Waals surface area contributed by atoms with E-state index in [0.29, 0.717) is 17.8 Å². The highest BCUT2D eigenvalue weighted by Crippen LogP contribution is 2.36. The third-order valence-corrected chi connectivity index (χ3v) is 6.66. The van der Waals surface area contributed by atoms with Crippen molar-refractivity contribution in [2.75, 3.05) is 6.54 Å². The molecule has 1 saturated carbocycles. The molecule has 0 saturated heterocycles. The summed E-state index contributed by atoms with van der Waals surface area (Å²) in [5.74, 6) is 0.0777. The lowest BCUT2D eigenvalue weighted by molar-refractivity contribution is -0.384. The Labute approximate surface area is 131 Å². The molecule has 2 N–H and O–H groups in total. The van der Waals surface area contributed by atoms with E-state index in [-0.39, 0.29) is 27.1 Å². The molecule has 0 spiro atoms. The fourth-order valence-electron chi connectivity index (χ4n) is 2.34. The summed E-state index contributed by atoms with van der Waals surface area (Å²) in [6, 6.07) is 0.963. The topological polar surface area (TPSA) is 110 Å². The van der Waals surface area contributed by atoms with Crippen molar-refractivity contribution in [1.82, 2.24) is 4.72 Å². The van der Waals surface area contributed by atoms with Crippen LogP contribution in [0.1, 0.15) is 25.7 Å². The highest BCUT2D eigenvalue weighted by atomic mass is 35.5. The van der Waals surface area contributed by atoms with Crippen LogP contribution in [0.5, 0.6) is 0 Å². The zero-order valence-electron chi connectivity index (χ0n) is 11.0. The highest BCUT2D eigenvalue weighted by molar-refractivity contribution is 7.91. The van der Waals surface area contributed by atoms with E-state index in [4.69, 9.17) is 11.6 Å². The van der Waals surface area contributed by atoms with Crippen LogP contribution < -0.4 is 4.72 Å². The Morgan fingerprint density at radius 2 is 2.24 bits per heavy atom. The second kappa shape index (κ2) is 6.57. The van der Waals surface area contributed by atoms with Crippen molar-refractivity contribution in [3.05, 3.63) is 20.5 Å². The van der Waals surface area contributed by atoms with Gasteiger partial charge in [-0.2, -0.15) is 0 Å². The smallest absolute Gasteiger partial charge is 0.300 e. The van der Waals surface area contributed by atoms with Crippen molar-refractivity contribution in [3.8, 4) is 0 Å². The lowest BCUT2D eigenvalue weighted by Crippen LogP contribution is -2.32. The minimum absolute atomic E-state index is 0.0777. The van der Waals surface area contributed by atoms with Crippen molar-refractivity contribution in [2.45, 2.75) is 36.0 Å². The fourth-order valence-corrected chi connectivity index (χ4v) is 5.17. The largest absolute Gasteiger partial charge is 0.393 e. The van der Waals surface area contributed by atoms with Crippen molar-refractivity contribution in [3.63, 3.8) is 0 Å². The molecule has 7 nitrogen and oxygen atoms in total. The monoisotopic (exact) mass is 354 g/mol. The Morgan fingerprint density at radius 3 is 2.81 bits per heavy atom. The average molecular weight is 355 g/mol. The van der Waals surface area contributed by atoms with E-state index < -0.39 is 20.6 Å². The van der Waals surface area contributed by atoms with E-state index in [1.165, 1.54) is 0 Å². The lowest BCUT2D eigenvalue weighted by Gasteiger charge is -2.25. The first kappa shape index (κ1) is 16.6. The standard InChI is InChI=1S/C11H15ClN2O5S2/c12-11-9(14(16)17)5-10(20-11)21(18,19)13-6-7-2-1-3-8(15)4-7/h5,7-8,13,15H,1-4,6H2. The average Bonchev–Trinajstić information content (AvgIpc) is 2.80. The molecule has 0 radical (unpaired) electrons. The normalized spacial score (nSPS) is 23.1. The molecular weight excluding hydrogens is 340 g/mol. The molecule has 2 unspecified atom stereocenters. The van der Waals surface area contributed by atoms with Gasteiger partial charge in [0, 0.05) is 12.6 Å². The molecule has 1 aromatic heterocycles. The van der Waals surface area contributed by atoms with Crippen molar-refractivity contribution < 1.29 is 18.4 Å². The van der Waals surface area contributed by atoms with Crippen LogP contribution in [0.25, 0.3) is 0 Å². The third kappa shape index (κ3) is 4.13. The molecule has 0 aliphatic heterocycles. The molecular formula is C11H15ClN2O5S2. The summed E-state index contributed by atoms with van der Waals surface area (Å²) >= 11 is 6.33. The first-order valence-electron chi connectivity index (χ1n) is 6.41. The molecule has 10 heteroatoms. The predicted molar refractivity (Wildman–Crippen MR) is 79.1 cm³/mol. The maximum Gasteiger partial charge on any atom is 0.300 e. The van der Waals surface area contributed by atoms with Crippen molar-refractivity contribution in [2.24, 2.45) is 5.92 Å². The van der Waals surface area contributed by atoms with Gasteiger partial charge in [-0.25, -0.2) is 13.1 Å². The number of rotatable bonds is 5. The first-order chi connectivity index (χ1) is 9.79.